The zero-order valence-electron chi connectivity index (χ0n) is 21.3. The molecule has 1 N–H and O–H groups in total. The van der Waals surface area contributed by atoms with Crippen LogP contribution in [0, 0.1) is 0 Å². The molecule has 0 saturated heterocycles. The number of benzene rings is 3. The van der Waals surface area contributed by atoms with E-state index < -0.39 is 0 Å². The van der Waals surface area contributed by atoms with Crippen LogP contribution in [0.15, 0.2) is 115 Å². The van der Waals surface area contributed by atoms with Crippen LogP contribution in [0.2, 0.25) is 0 Å². The predicted molar refractivity (Wildman–Crippen MR) is 170 cm³/mol. The van der Waals surface area contributed by atoms with E-state index in [9.17, 15) is 9.90 Å². The van der Waals surface area contributed by atoms with Crippen LogP contribution in [-0.4, -0.2) is 16.0 Å². The number of nitrogens with zero attached hydrogens (tertiary/aromatic N) is 1. The molecule has 0 unspecified atom stereocenters. The van der Waals surface area contributed by atoms with E-state index in [1.165, 1.54) is 41.8 Å². The third kappa shape index (κ3) is 4.35. The van der Waals surface area contributed by atoms with Crippen molar-refractivity contribution in [3.63, 3.8) is 0 Å². The molecule has 0 aliphatic rings. The smallest absolute Gasteiger partial charge is 0.160 e. The number of para-hydroxylation sites is 1. The van der Waals surface area contributed by atoms with E-state index >= 15 is 0 Å². The van der Waals surface area contributed by atoms with Crippen LogP contribution in [0.4, 0.5) is 0 Å². The van der Waals surface area contributed by atoms with Gasteiger partial charge in [-0.2, -0.15) is 0 Å². The van der Waals surface area contributed by atoms with E-state index in [4.69, 9.17) is 0 Å². The minimum Gasteiger partial charge on any atom is -0.392 e. The molecule has 0 saturated carbocycles. The van der Waals surface area contributed by atoms with E-state index in [2.05, 4.69) is 95.6 Å². The van der Waals surface area contributed by atoms with Crippen LogP contribution in [0.3, 0.4) is 0 Å². The Balaban J connectivity index is 1.40. The number of carbonyl (C=O) groups excluding carboxylic acids is 1. The topological polar surface area (TPSA) is 42.2 Å². The number of carbonyl (C=O) groups is 1. The molecule has 194 valence electrons. The number of fused-ring (bicyclic) bond motifs is 1. The van der Waals surface area contributed by atoms with Gasteiger partial charge in [0.15, 0.2) is 6.29 Å². The van der Waals surface area contributed by atoms with Gasteiger partial charge in [-0.3, -0.25) is 4.79 Å². The van der Waals surface area contributed by atoms with Gasteiger partial charge in [0.1, 0.15) is 0 Å². The number of aliphatic hydroxyl groups is 1. The SMILES string of the molecule is O=Cc1ccc(-c2ccc(-c3ccc(-c4c(-c5ccccc5)n(-c5ccc(CO)cc5)c5ccccc45)s3)s2)s1. The molecule has 0 radical (unpaired) electrons. The Morgan fingerprint density at radius 1 is 0.625 bits per heavy atom. The number of rotatable bonds is 7. The number of thiophene rings is 3. The maximum Gasteiger partial charge on any atom is 0.160 e. The highest BCUT2D eigenvalue weighted by molar-refractivity contribution is 7.27. The minimum atomic E-state index is 0.0244. The minimum absolute atomic E-state index is 0.0244. The summed E-state index contributed by atoms with van der Waals surface area (Å²) in [7, 11) is 0. The maximum absolute atomic E-state index is 11.2. The van der Waals surface area contributed by atoms with Gasteiger partial charge in [-0.15, -0.1) is 34.0 Å². The van der Waals surface area contributed by atoms with Crippen molar-refractivity contribution in [2.24, 2.45) is 0 Å². The molecule has 40 heavy (non-hydrogen) atoms. The molecule has 0 bridgehead atoms. The molecule has 0 aliphatic heterocycles. The Morgan fingerprint density at radius 3 is 1.90 bits per heavy atom. The zero-order valence-corrected chi connectivity index (χ0v) is 23.7. The standard InChI is InChI=1S/C34H23NO2S3/c36-20-22-10-12-24(13-11-22)35-27-9-5-4-8-26(27)33(34(35)23-6-2-1-3-7-23)32-19-18-31(40-32)30-17-16-29(39-30)28-15-14-25(21-37)38-28/h1-19,21,36H,20H2. The molecular formula is C34H23NO2S3. The Labute approximate surface area is 243 Å². The number of hydrogen-bond donors (Lipinski definition) is 1. The predicted octanol–water partition coefficient (Wildman–Crippen LogP) is 9.79. The van der Waals surface area contributed by atoms with Crippen molar-refractivity contribution < 1.29 is 9.90 Å². The molecule has 6 heteroatoms. The van der Waals surface area contributed by atoms with Gasteiger partial charge in [0, 0.05) is 41.0 Å². The summed E-state index contributed by atoms with van der Waals surface area (Å²) in [6, 6.07) is 40.0. The van der Waals surface area contributed by atoms with E-state index in [-0.39, 0.29) is 6.61 Å². The number of hydrogen-bond acceptors (Lipinski definition) is 5. The van der Waals surface area contributed by atoms with Gasteiger partial charge in [-0.25, -0.2) is 0 Å². The third-order valence-corrected chi connectivity index (χ3v) is 10.6. The molecule has 3 aromatic carbocycles. The lowest BCUT2D eigenvalue weighted by Gasteiger charge is -2.13. The quantitative estimate of drug-likeness (QED) is 0.193. The maximum atomic E-state index is 11.2. The molecule has 7 rings (SSSR count). The molecule has 4 heterocycles. The fourth-order valence-electron chi connectivity index (χ4n) is 5.13. The number of aliphatic hydroxyl groups excluding tert-OH is 1. The van der Waals surface area contributed by atoms with E-state index in [1.54, 1.807) is 22.7 Å². The highest BCUT2D eigenvalue weighted by atomic mass is 32.1. The lowest BCUT2D eigenvalue weighted by atomic mass is 10.0. The molecule has 4 aromatic heterocycles. The summed E-state index contributed by atoms with van der Waals surface area (Å²) < 4.78 is 2.34. The van der Waals surface area contributed by atoms with Gasteiger partial charge >= 0.3 is 0 Å². The van der Waals surface area contributed by atoms with Crippen LogP contribution >= 0.6 is 34.0 Å². The summed E-state index contributed by atoms with van der Waals surface area (Å²) >= 11 is 5.10. The third-order valence-electron chi connectivity index (χ3n) is 6.99. The van der Waals surface area contributed by atoms with Crippen molar-refractivity contribution in [1.29, 1.82) is 0 Å². The van der Waals surface area contributed by atoms with Crippen molar-refractivity contribution >= 4 is 51.2 Å². The Hall–Kier alpha value is -4.07. The van der Waals surface area contributed by atoms with Crippen LogP contribution < -0.4 is 0 Å². The van der Waals surface area contributed by atoms with Crippen LogP contribution in [0.25, 0.3) is 57.8 Å². The second kappa shape index (κ2) is 10.5. The molecule has 0 fully saturated rings. The first kappa shape index (κ1) is 24.9. The van der Waals surface area contributed by atoms with Gasteiger partial charge in [-0.1, -0.05) is 60.7 Å². The first-order valence-electron chi connectivity index (χ1n) is 12.9. The summed E-state index contributed by atoms with van der Waals surface area (Å²) in [5, 5.41) is 10.8. The van der Waals surface area contributed by atoms with Crippen LogP contribution in [0.1, 0.15) is 15.2 Å². The highest BCUT2D eigenvalue weighted by Crippen LogP contribution is 2.47. The largest absolute Gasteiger partial charge is 0.392 e. The van der Waals surface area contributed by atoms with Crippen LogP contribution in [0.5, 0.6) is 0 Å². The van der Waals surface area contributed by atoms with Crippen molar-refractivity contribution in [2.45, 2.75) is 6.61 Å². The molecule has 3 nitrogen and oxygen atoms in total. The highest BCUT2D eigenvalue weighted by Gasteiger charge is 2.22. The van der Waals surface area contributed by atoms with E-state index in [1.807, 2.05) is 24.3 Å². The average molecular weight is 574 g/mol. The Morgan fingerprint density at radius 2 is 1.23 bits per heavy atom. The van der Waals surface area contributed by atoms with Gasteiger partial charge in [-0.05, 0) is 65.7 Å². The van der Waals surface area contributed by atoms with Gasteiger partial charge in [0.05, 0.1) is 22.7 Å². The van der Waals surface area contributed by atoms with E-state index in [0.717, 1.165) is 44.1 Å². The summed E-state index contributed by atoms with van der Waals surface area (Å²) in [5.41, 5.74) is 6.62. The second-order valence-electron chi connectivity index (χ2n) is 9.41. The van der Waals surface area contributed by atoms with Crippen molar-refractivity contribution in [3.8, 4) is 46.9 Å². The first-order chi connectivity index (χ1) is 19.7. The van der Waals surface area contributed by atoms with Gasteiger partial charge in [0.25, 0.3) is 0 Å². The summed E-state index contributed by atoms with van der Waals surface area (Å²) in [6.07, 6.45) is 0.913. The summed E-state index contributed by atoms with van der Waals surface area (Å²) in [4.78, 5) is 17.9. The summed E-state index contributed by atoms with van der Waals surface area (Å²) in [6.45, 7) is 0.0244. The molecule has 0 atom stereocenters. The monoisotopic (exact) mass is 573 g/mol. The van der Waals surface area contributed by atoms with Crippen molar-refractivity contribution in [3.05, 3.63) is 126 Å². The van der Waals surface area contributed by atoms with Gasteiger partial charge < -0.3 is 9.67 Å². The fraction of sp³-hybridized carbons (Fsp3) is 0.0294. The van der Waals surface area contributed by atoms with Crippen molar-refractivity contribution in [2.75, 3.05) is 0 Å². The molecular weight excluding hydrogens is 551 g/mol. The summed E-state index contributed by atoms with van der Waals surface area (Å²) in [5.74, 6) is 0. The van der Waals surface area contributed by atoms with Gasteiger partial charge in [0.2, 0.25) is 0 Å². The molecule has 0 aliphatic carbocycles. The fourth-order valence-corrected chi connectivity index (χ4v) is 8.21. The van der Waals surface area contributed by atoms with Crippen molar-refractivity contribution in [1.82, 2.24) is 4.57 Å². The average Bonchev–Trinajstić information content (AvgIpc) is 3.82. The zero-order chi connectivity index (χ0) is 27.1. The lowest BCUT2D eigenvalue weighted by molar-refractivity contribution is 0.112. The van der Waals surface area contributed by atoms with Crippen LogP contribution in [-0.2, 0) is 6.61 Å². The Kier molecular flexibility index (Phi) is 6.54. The normalized spacial score (nSPS) is 11.3. The second-order valence-corrected chi connectivity index (χ2v) is 12.7. The van der Waals surface area contributed by atoms with E-state index in [0.29, 0.717) is 0 Å². The molecule has 0 spiro atoms. The first-order valence-corrected chi connectivity index (χ1v) is 15.3. The Bertz CT molecular complexity index is 1960. The lowest BCUT2D eigenvalue weighted by Crippen LogP contribution is -1.98. The molecule has 0 amide bonds. The number of aromatic nitrogens is 1. The number of aldehydes is 1. The molecule has 7 aromatic rings.